The first kappa shape index (κ1) is 18.5. The number of methoxy groups -OCH3 is 1. The van der Waals surface area contributed by atoms with Gasteiger partial charge in [0.15, 0.2) is 0 Å². The summed E-state index contributed by atoms with van der Waals surface area (Å²) in [6, 6.07) is 7.13. The fourth-order valence-electron chi connectivity index (χ4n) is 4.36. The Balaban J connectivity index is 1.30. The maximum absolute atomic E-state index is 12.9. The van der Waals surface area contributed by atoms with Crippen LogP contribution in [0.25, 0.3) is 5.69 Å². The van der Waals surface area contributed by atoms with Crippen LogP contribution in [0, 0.1) is 0 Å². The Labute approximate surface area is 173 Å². The third-order valence-electron chi connectivity index (χ3n) is 5.86. The van der Waals surface area contributed by atoms with Crippen molar-refractivity contribution in [1.82, 2.24) is 24.5 Å². The number of hydrogen-bond donors (Lipinski definition) is 0. The minimum atomic E-state index is -0.365. The van der Waals surface area contributed by atoms with Crippen molar-refractivity contribution in [2.75, 3.05) is 38.4 Å². The first-order valence-electron chi connectivity index (χ1n) is 9.73. The molecule has 3 aliphatic heterocycles. The molecule has 3 aliphatic rings. The SMILES string of the molecule is COc1ccccc1-n1cc(CN2CCN3C(=O)[C@@H]4CSCN4C(=O)[C@H]3C2)cn1. The van der Waals surface area contributed by atoms with E-state index in [-0.39, 0.29) is 23.9 Å². The van der Waals surface area contributed by atoms with E-state index in [1.807, 2.05) is 41.3 Å². The molecule has 0 aliphatic carbocycles. The molecule has 9 heteroatoms. The van der Waals surface area contributed by atoms with Crippen LogP contribution in [0.4, 0.5) is 0 Å². The van der Waals surface area contributed by atoms with Crippen LogP contribution in [0.1, 0.15) is 5.56 Å². The number of para-hydroxylation sites is 2. The summed E-state index contributed by atoms with van der Waals surface area (Å²) in [7, 11) is 1.65. The van der Waals surface area contributed by atoms with Crippen molar-refractivity contribution in [2.45, 2.75) is 18.6 Å². The van der Waals surface area contributed by atoms with Crippen LogP contribution < -0.4 is 4.74 Å². The fraction of sp³-hybridized carbons (Fsp3) is 0.450. The van der Waals surface area contributed by atoms with E-state index in [0.29, 0.717) is 25.5 Å². The zero-order valence-corrected chi connectivity index (χ0v) is 17.0. The number of nitrogens with zero attached hydrogens (tertiary/aromatic N) is 5. The van der Waals surface area contributed by atoms with Gasteiger partial charge in [0.05, 0.1) is 19.2 Å². The number of rotatable bonds is 4. The van der Waals surface area contributed by atoms with E-state index in [9.17, 15) is 9.59 Å². The summed E-state index contributed by atoms with van der Waals surface area (Å²) in [5, 5.41) is 4.48. The van der Waals surface area contributed by atoms with E-state index in [0.717, 1.165) is 29.3 Å². The van der Waals surface area contributed by atoms with Gasteiger partial charge in [0.25, 0.3) is 0 Å². The second kappa shape index (κ2) is 7.38. The first-order chi connectivity index (χ1) is 14.2. The largest absolute Gasteiger partial charge is 0.494 e. The lowest BCUT2D eigenvalue weighted by atomic mass is 10.0. The first-order valence-corrected chi connectivity index (χ1v) is 10.9. The lowest BCUT2D eigenvalue weighted by Crippen LogP contribution is -2.69. The molecular weight excluding hydrogens is 390 g/mol. The maximum Gasteiger partial charge on any atom is 0.248 e. The molecule has 0 spiro atoms. The molecule has 1 aromatic carbocycles. The summed E-state index contributed by atoms with van der Waals surface area (Å²) in [4.78, 5) is 31.4. The molecule has 0 saturated carbocycles. The van der Waals surface area contributed by atoms with E-state index >= 15 is 0 Å². The van der Waals surface area contributed by atoms with E-state index < -0.39 is 0 Å². The van der Waals surface area contributed by atoms with Crippen LogP contribution in [-0.2, 0) is 16.1 Å². The number of carbonyl (C=O) groups is 2. The van der Waals surface area contributed by atoms with E-state index in [2.05, 4.69) is 10.00 Å². The minimum absolute atomic E-state index is 0.0917. The summed E-state index contributed by atoms with van der Waals surface area (Å²) in [5.74, 6) is 2.32. The van der Waals surface area contributed by atoms with Gasteiger partial charge < -0.3 is 14.5 Å². The van der Waals surface area contributed by atoms with Crippen molar-refractivity contribution in [3.63, 3.8) is 0 Å². The van der Waals surface area contributed by atoms with Crippen molar-refractivity contribution in [3.05, 3.63) is 42.2 Å². The van der Waals surface area contributed by atoms with Crippen molar-refractivity contribution >= 4 is 23.6 Å². The highest BCUT2D eigenvalue weighted by molar-refractivity contribution is 7.99. The lowest BCUT2D eigenvalue weighted by molar-refractivity contribution is -0.162. The molecule has 8 nitrogen and oxygen atoms in total. The van der Waals surface area contributed by atoms with Crippen molar-refractivity contribution in [1.29, 1.82) is 0 Å². The number of amides is 2. The van der Waals surface area contributed by atoms with Crippen LogP contribution in [0.2, 0.25) is 0 Å². The third kappa shape index (κ3) is 3.18. The maximum atomic E-state index is 12.9. The van der Waals surface area contributed by atoms with E-state index in [4.69, 9.17) is 4.74 Å². The number of thioether (sulfide) groups is 1. The number of aromatic nitrogens is 2. The van der Waals surface area contributed by atoms with Gasteiger partial charge in [-0.3, -0.25) is 14.5 Å². The second-order valence-corrected chi connectivity index (χ2v) is 8.57. The Hall–Kier alpha value is -2.52. The zero-order chi connectivity index (χ0) is 20.0. The standard InChI is InChI=1S/C20H23N5O3S/c1-28-18-5-3-2-4-15(18)25-10-14(8-21-25)9-22-6-7-23-16(11-22)19(26)24-13-29-12-17(24)20(23)27/h2-5,8,10,16-17H,6-7,9,11-13H2,1H3/t16-,17+/m1/s1. The van der Waals surface area contributed by atoms with E-state index in [1.165, 1.54) is 0 Å². The monoisotopic (exact) mass is 413 g/mol. The van der Waals surface area contributed by atoms with Crippen LogP contribution in [0.5, 0.6) is 5.75 Å². The smallest absolute Gasteiger partial charge is 0.248 e. The number of benzene rings is 1. The highest BCUT2D eigenvalue weighted by Gasteiger charge is 2.49. The molecule has 1 aromatic heterocycles. The van der Waals surface area contributed by atoms with Crippen LogP contribution in [0.15, 0.2) is 36.7 Å². The van der Waals surface area contributed by atoms with Crippen LogP contribution in [0.3, 0.4) is 0 Å². The zero-order valence-electron chi connectivity index (χ0n) is 16.2. The second-order valence-electron chi connectivity index (χ2n) is 7.57. The summed E-state index contributed by atoms with van der Waals surface area (Å²) in [6.45, 7) is 2.62. The molecule has 0 bridgehead atoms. The summed E-state index contributed by atoms with van der Waals surface area (Å²) in [5.41, 5.74) is 1.95. The molecule has 3 fully saturated rings. The molecule has 2 amide bonds. The summed E-state index contributed by atoms with van der Waals surface area (Å²) in [6.07, 6.45) is 3.84. The van der Waals surface area contributed by atoms with Gasteiger partial charge in [-0.05, 0) is 12.1 Å². The van der Waals surface area contributed by atoms with Gasteiger partial charge in [-0.1, -0.05) is 12.1 Å². The summed E-state index contributed by atoms with van der Waals surface area (Å²) < 4.78 is 7.23. The van der Waals surface area contributed by atoms with Gasteiger partial charge in [-0.25, -0.2) is 4.68 Å². The highest BCUT2D eigenvalue weighted by atomic mass is 32.2. The Morgan fingerprint density at radius 2 is 1.97 bits per heavy atom. The van der Waals surface area contributed by atoms with Crippen molar-refractivity contribution in [2.24, 2.45) is 0 Å². The highest BCUT2D eigenvalue weighted by Crippen LogP contribution is 2.30. The van der Waals surface area contributed by atoms with Gasteiger partial charge in [-0.2, -0.15) is 5.10 Å². The quantitative estimate of drug-likeness (QED) is 0.739. The van der Waals surface area contributed by atoms with Gasteiger partial charge >= 0.3 is 0 Å². The van der Waals surface area contributed by atoms with Gasteiger partial charge in [0, 0.05) is 43.7 Å². The lowest BCUT2D eigenvalue weighted by Gasteiger charge is -2.47. The van der Waals surface area contributed by atoms with Crippen molar-refractivity contribution in [3.8, 4) is 11.4 Å². The Morgan fingerprint density at radius 3 is 2.83 bits per heavy atom. The van der Waals surface area contributed by atoms with Crippen molar-refractivity contribution < 1.29 is 14.3 Å². The number of ether oxygens (including phenoxy) is 1. The number of hydrogen-bond acceptors (Lipinski definition) is 6. The number of piperazine rings is 2. The van der Waals surface area contributed by atoms with Crippen LogP contribution >= 0.6 is 11.8 Å². The Kier molecular flexibility index (Phi) is 4.71. The molecule has 3 saturated heterocycles. The van der Waals surface area contributed by atoms with Gasteiger partial charge in [-0.15, -0.1) is 11.8 Å². The normalized spacial score (nSPS) is 24.6. The Bertz CT molecular complexity index is 948. The Morgan fingerprint density at radius 1 is 1.14 bits per heavy atom. The van der Waals surface area contributed by atoms with Crippen LogP contribution in [-0.4, -0.2) is 86.8 Å². The number of fused-ring (bicyclic) bond motifs is 2. The topological polar surface area (TPSA) is 70.9 Å². The molecule has 152 valence electrons. The van der Waals surface area contributed by atoms with Gasteiger partial charge in [0.2, 0.25) is 11.8 Å². The summed E-state index contributed by atoms with van der Waals surface area (Å²) >= 11 is 1.66. The molecule has 4 heterocycles. The molecule has 2 atom stereocenters. The molecular formula is C20H23N5O3S. The van der Waals surface area contributed by atoms with Gasteiger partial charge in [0.1, 0.15) is 23.5 Å². The molecule has 29 heavy (non-hydrogen) atoms. The average Bonchev–Trinajstić information content (AvgIpc) is 3.42. The molecule has 0 radical (unpaired) electrons. The minimum Gasteiger partial charge on any atom is -0.494 e. The third-order valence-corrected chi connectivity index (χ3v) is 6.87. The molecule has 5 rings (SSSR count). The average molecular weight is 414 g/mol. The fourth-order valence-corrected chi connectivity index (χ4v) is 5.51. The molecule has 0 unspecified atom stereocenters. The molecule has 2 aromatic rings. The number of carbonyl (C=O) groups excluding carboxylic acids is 2. The predicted octanol–water partition coefficient (Wildman–Crippen LogP) is 0.809. The predicted molar refractivity (Wildman–Crippen MR) is 109 cm³/mol. The van der Waals surface area contributed by atoms with E-state index in [1.54, 1.807) is 28.7 Å². The molecule has 0 N–H and O–H groups in total.